The Labute approximate surface area is 139 Å². The number of nitrogens with one attached hydrogen (secondary N) is 1. The molecule has 7 heteroatoms. The second-order valence-electron chi connectivity index (χ2n) is 5.85. The molecule has 2 heterocycles. The van der Waals surface area contributed by atoms with Crippen LogP contribution in [0.1, 0.15) is 18.4 Å². The summed E-state index contributed by atoms with van der Waals surface area (Å²) in [4.78, 5) is 18.0. The molecule has 1 saturated heterocycles. The molecule has 6 nitrogen and oxygen atoms in total. The molecule has 1 aromatic carbocycles. The van der Waals surface area contributed by atoms with Crippen molar-refractivity contribution >= 4 is 28.6 Å². The predicted octanol–water partition coefficient (Wildman–Crippen LogP) is 2.51. The third-order valence-corrected chi connectivity index (χ3v) is 4.21. The van der Waals surface area contributed by atoms with E-state index in [1.54, 1.807) is 12.1 Å². The molecule has 1 amide bonds. The SMILES string of the molecule is C=CC(=O)Nc1cc2nc(N3CCCC(F)C3)n(C)c2cc1C#N. The van der Waals surface area contributed by atoms with Crippen LogP contribution in [-0.4, -0.2) is 34.7 Å². The summed E-state index contributed by atoms with van der Waals surface area (Å²) in [5, 5.41) is 11.9. The summed E-state index contributed by atoms with van der Waals surface area (Å²) in [6.45, 7) is 4.48. The highest BCUT2D eigenvalue weighted by Gasteiger charge is 2.23. The molecule has 1 atom stereocenters. The number of carbonyl (C=O) groups is 1. The predicted molar refractivity (Wildman–Crippen MR) is 90.6 cm³/mol. The fourth-order valence-corrected chi connectivity index (χ4v) is 3.00. The van der Waals surface area contributed by atoms with E-state index in [2.05, 4.69) is 22.9 Å². The number of alkyl halides is 1. The fourth-order valence-electron chi connectivity index (χ4n) is 3.00. The first-order chi connectivity index (χ1) is 11.5. The van der Waals surface area contributed by atoms with Gasteiger partial charge in [0.25, 0.3) is 0 Å². The van der Waals surface area contributed by atoms with Crippen LogP contribution in [0.3, 0.4) is 0 Å². The molecule has 0 radical (unpaired) electrons. The zero-order chi connectivity index (χ0) is 17.3. The molecule has 0 bridgehead atoms. The molecule has 1 aromatic heterocycles. The van der Waals surface area contributed by atoms with Crippen molar-refractivity contribution in [3.63, 3.8) is 0 Å². The van der Waals surface area contributed by atoms with Crippen molar-refractivity contribution in [2.75, 3.05) is 23.3 Å². The van der Waals surface area contributed by atoms with Crippen LogP contribution in [0, 0.1) is 11.3 Å². The molecule has 0 saturated carbocycles. The van der Waals surface area contributed by atoms with E-state index in [1.807, 2.05) is 16.5 Å². The highest BCUT2D eigenvalue weighted by atomic mass is 19.1. The van der Waals surface area contributed by atoms with Gasteiger partial charge in [0.1, 0.15) is 12.2 Å². The van der Waals surface area contributed by atoms with Gasteiger partial charge < -0.3 is 14.8 Å². The Morgan fingerprint density at radius 1 is 1.58 bits per heavy atom. The second kappa shape index (κ2) is 6.32. The quantitative estimate of drug-likeness (QED) is 0.879. The van der Waals surface area contributed by atoms with Crippen molar-refractivity contribution in [3.8, 4) is 6.07 Å². The highest BCUT2D eigenvalue weighted by Crippen LogP contribution is 2.28. The summed E-state index contributed by atoms with van der Waals surface area (Å²) in [6.07, 6.45) is 1.66. The maximum absolute atomic E-state index is 13.7. The topological polar surface area (TPSA) is 74.0 Å². The number of aryl methyl sites for hydroxylation is 1. The highest BCUT2D eigenvalue weighted by molar-refractivity contribution is 6.01. The monoisotopic (exact) mass is 327 g/mol. The molecule has 124 valence electrons. The molecule has 1 aliphatic rings. The molecule has 3 rings (SSSR count). The van der Waals surface area contributed by atoms with Gasteiger partial charge >= 0.3 is 0 Å². The van der Waals surface area contributed by atoms with E-state index < -0.39 is 12.1 Å². The first kappa shape index (κ1) is 16.0. The van der Waals surface area contributed by atoms with Crippen LogP contribution in [0.2, 0.25) is 0 Å². The summed E-state index contributed by atoms with van der Waals surface area (Å²) in [6, 6.07) is 5.42. The molecule has 0 aliphatic carbocycles. The minimum Gasteiger partial charge on any atom is -0.339 e. The third-order valence-electron chi connectivity index (χ3n) is 4.21. The molecule has 2 aromatic rings. The molecule has 1 N–H and O–H groups in total. The van der Waals surface area contributed by atoms with Gasteiger partial charge in [0, 0.05) is 13.6 Å². The average molecular weight is 327 g/mol. The van der Waals surface area contributed by atoms with Crippen molar-refractivity contribution < 1.29 is 9.18 Å². The number of amides is 1. The van der Waals surface area contributed by atoms with Crippen LogP contribution in [-0.2, 0) is 11.8 Å². The first-order valence-corrected chi connectivity index (χ1v) is 7.76. The number of nitrogens with zero attached hydrogens (tertiary/aromatic N) is 4. The van der Waals surface area contributed by atoms with Crippen LogP contribution >= 0.6 is 0 Å². The largest absolute Gasteiger partial charge is 0.339 e. The average Bonchev–Trinajstić information content (AvgIpc) is 2.90. The van der Waals surface area contributed by atoms with E-state index in [4.69, 9.17) is 0 Å². The molecule has 1 unspecified atom stereocenters. The Hall–Kier alpha value is -2.88. The number of aromatic nitrogens is 2. The lowest BCUT2D eigenvalue weighted by atomic mass is 10.1. The van der Waals surface area contributed by atoms with Gasteiger partial charge in [0.2, 0.25) is 11.9 Å². The Morgan fingerprint density at radius 2 is 2.38 bits per heavy atom. The van der Waals surface area contributed by atoms with Gasteiger partial charge in [0.15, 0.2) is 0 Å². The molecule has 1 fully saturated rings. The Kier molecular flexibility index (Phi) is 4.21. The number of hydrogen-bond donors (Lipinski definition) is 1. The van der Waals surface area contributed by atoms with Crippen molar-refractivity contribution in [3.05, 3.63) is 30.4 Å². The minimum absolute atomic E-state index is 0.322. The number of anilines is 2. The number of piperidine rings is 1. The minimum atomic E-state index is -0.851. The summed E-state index contributed by atoms with van der Waals surface area (Å²) in [5.41, 5.74) is 2.14. The Morgan fingerprint density at radius 3 is 3.04 bits per heavy atom. The maximum Gasteiger partial charge on any atom is 0.247 e. The third kappa shape index (κ3) is 2.83. The first-order valence-electron chi connectivity index (χ1n) is 7.76. The smallest absolute Gasteiger partial charge is 0.247 e. The number of imidazole rings is 1. The number of halogens is 1. The zero-order valence-corrected chi connectivity index (χ0v) is 13.4. The summed E-state index contributed by atoms with van der Waals surface area (Å²) in [5.74, 6) is 0.279. The Balaban J connectivity index is 2.05. The fraction of sp³-hybridized carbons (Fsp3) is 0.353. The van der Waals surface area contributed by atoms with Gasteiger partial charge in [-0.25, -0.2) is 9.37 Å². The van der Waals surface area contributed by atoms with Gasteiger partial charge in [-0.15, -0.1) is 0 Å². The number of benzene rings is 1. The van der Waals surface area contributed by atoms with Crippen molar-refractivity contribution in [1.29, 1.82) is 5.26 Å². The normalized spacial score (nSPS) is 17.5. The van der Waals surface area contributed by atoms with E-state index in [0.717, 1.165) is 24.6 Å². The summed E-state index contributed by atoms with van der Waals surface area (Å²) < 4.78 is 15.5. The standard InChI is InChI=1S/C17H18FN5O/c1-3-16(24)20-13-8-14-15(7-11(13)9-19)22(2)17(21-14)23-6-4-5-12(18)10-23/h3,7-8,12H,1,4-6,10H2,2H3,(H,20,24). The molecule has 0 spiro atoms. The molecule has 24 heavy (non-hydrogen) atoms. The van der Waals surface area contributed by atoms with Crippen LogP contribution in [0.4, 0.5) is 16.0 Å². The van der Waals surface area contributed by atoms with Crippen LogP contribution < -0.4 is 10.2 Å². The van der Waals surface area contributed by atoms with Gasteiger partial charge in [-0.1, -0.05) is 6.58 Å². The van der Waals surface area contributed by atoms with Gasteiger partial charge in [-0.2, -0.15) is 5.26 Å². The van der Waals surface area contributed by atoms with E-state index in [9.17, 15) is 14.4 Å². The number of hydrogen-bond acceptors (Lipinski definition) is 4. The Bertz CT molecular complexity index is 851. The van der Waals surface area contributed by atoms with Crippen LogP contribution in [0.25, 0.3) is 11.0 Å². The van der Waals surface area contributed by atoms with E-state index >= 15 is 0 Å². The van der Waals surface area contributed by atoms with E-state index in [0.29, 0.717) is 35.7 Å². The van der Waals surface area contributed by atoms with E-state index in [1.165, 1.54) is 0 Å². The van der Waals surface area contributed by atoms with Crippen molar-refractivity contribution in [2.24, 2.45) is 7.05 Å². The van der Waals surface area contributed by atoms with Gasteiger partial charge in [-0.05, 0) is 31.1 Å². The second-order valence-corrected chi connectivity index (χ2v) is 5.85. The molecule has 1 aliphatic heterocycles. The lowest BCUT2D eigenvalue weighted by molar-refractivity contribution is -0.111. The van der Waals surface area contributed by atoms with Gasteiger partial charge in [-0.3, -0.25) is 4.79 Å². The van der Waals surface area contributed by atoms with Crippen LogP contribution in [0.15, 0.2) is 24.8 Å². The lowest BCUT2D eigenvalue weighted by Crippen LogP contribution is -2.37. The maximum atomic E-state index is 13.7. The van der Waals surface area contributed by atoms with Gasteiger partial charge in [0.05, 0.1) is 28.8 Å². The number of nitriles is 1. The molecular weight excluding hydrogens is 309 g/mol. The van der Waals surface area contributed by atoms with Crippen LogP contribution in [0.5, 0.6) is 0 Å². The number of fused-ring (bicyclic) bond motifs is 1. The number of carbonyl (C=O) groups excluding carboxylic acids is 1. The molecular formula is C17H18FN5O. The van der Waals surface area contributed by atoms with E-state index in [-0.39, 0.29) is 0 Å². The van der Waals surface area contributed by atoms with Crippen molar-refractivity contribution in [2.45, 2.75) is 19.0 Å². The lowest BCUT2D eigenvalue weighted by Gasteiger charge is -2.29. The van der Waals surface area contributed by atoms with Crippen molar-refractivity contribution in [1.82, 2.24) is 9.55 Å². The summed E-state index contributed by atoms with van der Waals surface area (Å²) in [7, 11) is 1.84. The summed E-state index contributed by atoms with van der Waals surface area (Å²) >= 11 is 0. The zero-order valence-electron chi connectivity index (χ0n) is 13.4. The number of rotatable bonds is 3.